The van der Waals surface area contributed by atoms with E-state index >= 15 is 0 Å². The molecule has 3 rings (SSSR count). The van der Waals surface area contributed by atoms with Gasteiger partial charge in [-0.05, 0) is 55.5 Å². The van der Waals surface area contributed by atoms with Gasteiger partial charge in [0.15, 0.2) is 8.29 Å². The molecular formula is C16H14FN3O2S3. The molecule has 9 heteroatoms. The number of benzene rings is 1. The minimum absolute atomic E-state index is 0.122. The Kier molecular flexibility index (Phi) is 5.67. The fourth-order valence-electron chi connectivity index (χ4n) is 2.08. The maximum atomic E-state index is 13.0. The topological polar surface area (TPSA) is 60.1 Å². The van der Waals surface area contributed by atoms with Crippen molar-refractivity contribution in [3.05, 3.63) is 58.2 Å². The smallest absolute Gasteiger partial charge is 0.231 e. The number of halogens is 1. The van der Waals surface area contributed by atoms with Gasteiger partial charge in [-0.3, -0.25) is 4.79 Å². The van der Waals surface area contributed by atoms with Crippen LogP contribution in [0.3, 0.4) is 0 Å². The van der Waals surface area contributed by atoms with Crippen molar-refractivity contribution in [2.75, 3.05) is 5.75 Å². The van der Waals surface area contributed by atoms with Gasteiger partial charge in [-0.2, -0.15) is 0 Å². The summed E-state index contributed by atoms with van der Waals surface area (Å²) in [5, 5.41) is 7.24. The summed E-state index contributed by atoms with van der Waals surface area (Å²) in [4.78, 5) is 12.0. The van der Waals surface area contributed by atoms with Gasteiger partial charge in [0.2, 0.25) is 5.91 Å². The Hall–Kier alpha value is -1.97. The Morgan fingerprint density at radius 1 is 1.44 bits per heavy atom. The molecule has 0 saturated heterocycles. The zero-order valence-corrected chi connectivity index (χ0v) is 15.6. The van der Waals surface area contributed by atoms with Gasteiger partial charge in [0.1, 0.15) is 11.6 Å². The Morgan fingerprint density at radius 3 is 2.88 bits per heavy atom. The van der Waals surface area contributed by atoms with E-state index in [0.29, 0.717) is 19.7 Å². The van der Waals surface area contributed by atoms with E-state index in [-0.39, 0.29) is 23.5 Å². The average molecular weight is 396 g/mol. The molecule has 0 saturated carbocycles. The summed E-state index contributed by atoms with van der Waals surface area (Å²) in [5.41, 5.74) is 0.686. The van der Waals surface area contributed by atoms with E-state index in [0.717, 1.165) is 0 Å². The second-order valence-corrected chi connectivity index (χ2v) is 7.96. The second kappa shape index (κ2) is 7.94. The molecule has 5 nitrogen and oxygen atoms in total. The van der Waals surface area contributed by atoms with E-state index in [1.165, 1.54) is 35.2 Å². The minimum Gasteiger partial charge on any atom is -0.467 e. The number of carbonyl (C=O) groups is 1. The Morgan fingerprint density at radius 2 is 2.20 bits per heavy atom. The molecule has 25 heavy (non-hydrogen) atoms. The highest BCUT2D eigenvalue weighted by molar-refractivity contribution is 8.01. The van der Waals surface area contributed by atoms with Crippen molar-refractivity contribution in [3.8, 4) is 5.69 Å². The number of nitrogens with zero attached hydrogens (tertiary/aromatic N) is 2. The molecule has 1 amide bonds. The van der Waals surface area contributed by atoms with E-state index in [1.54, 1.807) is 29.1 Å². The Labute approximate surface area is 156 Å². The molecule has 2 aromatic heterocycles. The quantitative estimate of drug-likeness (QED) is 0.496. The first-order chi connectivity index (χ1) is 12.0. The summed E-state index contributed by atoms with van der Waals surface area (Å²) in [6.07, 6.45) is 1.57. The lowest BCUT2D eigenvalue weighted by atomic mass is 10.2. The van der Waals surface area contributed by atoms with E-state index in [2.05, 4.69) is 10.4 Å². The summed E-state index contributed by atoms with van der Waals surface area (Å²) in [6.45, 7) is 1.86. The zero-order valence-electron chi connectivity index (χ0n) is 13.1. The molecule has 2 heterocycles. The van der Waals surface area contributed by atoms with Gasteiger partial charge in [0.05, 0.1) is 23.7 Å². The van der Waals surface area contributed by atoms with Crippen LogP contribution in [0, 0.1) is 9.77 Å². The van der Waals surface area contributed by atoms with Crippen LogP contribution < -0.4 is 5.32 Å². The fourth-order valence-corrected chi connectivity index (χ4v) is 4.26. The normalized spacial score (nSPS) is 12.1. The minimum atomic E-state index is -0.317. The zero-order chi connectivity index (χ0) is 17.8. The van der Waals surface area contributed by atoms with Crippen LogP contribution in [0.1, 0.15) is 18.7 Å². The molecule has 0 spiro atoms. The van der Waals surface area contributed by atoms with Crippen molar-refractivity contribution in [2.45, 2.75) is 17.3 Å². The lowest BCUT2D eigenvalue weighted by Crippen LogP contribution is -2.27. The van der Waals surface area contributed by atoms with E-state index in [1.807, 2.05) is 13.0 Å². The van der Waals surface area contributed by atoms with Crippen LogP contribution >= 0.6 is 35.3 Å². The molecular weight excluding hydrogens is 381 g/mol. The van der Waals surface area contributed by atoms with Crippen LogP contribution in [0.4, 0.5) is 4.39 Å². The van der Waals surface area contributed by atoms with Crippen molar-refractivity contribution in [3.63, 3.8) is 0 Å². The summed E-state index contributed by atoms with van der Waals surface area (Å²) < 4.78 is 21.1. The summed E-state index contributed by atoms with van der Waals surface area (Å²) in [5.74, 6) is 0.483. The lowest BCUT2D eigenvalue weighted by molar-refractivity contribution is -0.119. The van der Waals surface area contributed by atoms with Gasteiger partial charge in [-0.15, -0.1) is 5.10 Å². The highest BCUT2D eigenvalue weighted by Gasteiger charge is 2.13. The number of carbonyl (C=O) groups excluding carboxylic acids is 1. The third-order valence-electron chi connectivity index (χ3n) is 3.27. The highest BCUT2D eigenvalue weighted by Crippen LogP contribution is 2.24. The SMILES string of the molecule is C[C@@H](NC(=O)CSc1nn(-c2ccc(F)cc2)c(=S)s1)c1ccco1. The maximum absolute atomic E-state index is 13.0. The molecule has 1 N–H and O–H groups in total. The number of furan rings is 1. The molecule has 0 radical (unpaired) electrons. The number of hydrogen-bond donors (Lipinski definition) is 1. The molecule has 0 unspecified atom stereocenters. The van der Waals surface area contributed by atoms with Crippen molar-refractivity contribution < 1.29 is 13.6 Å². The van der Waals surface area contributed by atoms with E-state index < -0.39 is 0 Å². The van der Waals surface area contributed by atoms with E-state index in [9.17, 15) is 9.18 Å². The van der Waals surface area contributed by atoms with Gasteiger partial charge >= 0.3 is 0 Å². The molecule has 0 aliphatic heterocycles. The lowest BCUT2D eigenvalue weighted by Gasteiger charge is -2.10. The van der Waals surface area contributed by atoms with Crippen LogP contribution in [0.5, 0.6) is 0 Å². The van der Waals surface area contributed by atoms with Gasteiger partial charge in [-0.25, -0.2) is 9.07 Å². The molecule has 0 bridgehead atoms. The predicted octanol–water partition coefficient (Wildman–Crippen LogP) is 4.36. The first-order valence-corrected chi connectivity index (χ1v) is 9.55. The maximum Gasteiger partial charge on any atom is 0.231 e. The number of thioether (sulfide) groups is 1. The number of amides is 1. The monoisotopic (exact) mass is 395 g/mol. The van der Waals surface area contributed by atoms with Gasteiger partial charge in [0, 0.05) is 0 Å². The van der Waals surface area contributed by atoms with Crippen LogP contribution in [0.25, 0.3) is 5.69 Å². The predicted molar refractivity (Wildman–Crippen MR) is 98.2 cm³/mol. The van der Waals surface area contributed by atoms with Crippen molar-refractivity contribution in [2.24, 2.45) is 0 Å². The molecule has 0 aliphatic carbocycles. The molecule has 0 aliphatic rings. The molecule has 1 atom stereocenters. The molecule has 130 valence electrons. The highest BCUT2D eigenvalue weighted by atomic mass is 32.2. The summed E-state index contributed by atoms with van der Waals surface area (Å²) in [7, 11) is 0. The molecule has 0 fully saturated rings. The van der Waals surface area contributed by atoms with Gasteiger partial charge < -0.3 is 9.73 Å². The first kappa shape index (κ1) is 17.8. The van der Waals surface area contributed by atoms with Crippen LogP contribution in [0.2, 0.25) is 0 Å². The van der Waals surface area contributed by atoms with Crippen LogP contribution in [-0.2, 0) is 4.79 Å². The van der Waals surface area contributed by atoms with Crippen molar-refractivity contribution in [1.29, 1.82) is 0 Å². The standard InChI is InChI=1S/C16H14FN3O2S3/c1-10(13-3-2-8-22-13)18-14(21)9-24-15-19-20(16(23)25-15)12-6-4-11(17)5-7-12/h2-8,10H,9H2,1H3,(H,18,21)/t10-/m1/s1. The molecule has 3 aromatic rings. The van der Waals surface area contributed by atoms with Gasteiger partial charge in [-0.1, -0.05) is 23.1 Å². The van der Waals surface area contributed by atoms with Gasteiger partial charge in [0.25, 0.3) is 0 Å². The van der Waals surface area contributed by atoms with Crippen LogP contribution in [-0.4, -0.2) is 21.4 Å². The third kappa shape index (κ3) is 4.56. The largest absolute Gasteiger partial charge is 0.467 e. The Balaban J connectivity index is 1.60. The second-order valence-electron chi connectivity index (χ2n) is 5.12. The van der Waals surface area contributed by atoms with Crippen molar-refractivity contribution in [1.82, 2.24) is 15.1 Å². The first-order valence-electron chi connectivity index (χ1n) is 7.34. The number of nitrogens with one attached hydrogen (secondary N) is 1. The third-order valence-corrected chi connectivity index (χ3v) is 5.64. The number of rotatable bonds is 6. The Bertz CT molecular complexity index is 904. The summed E-state index contributed by atoms with van der Waals surface area (Å²) >= 11 is 7.90. The summed E-state index contributed by atoms with van der Waals surface area (Å²) in [6, 6.07) is 9.32. The molecule has 1 aromatic carbocycles. The van der Waals surface area contributed by atoms with Crippen LogP contribution in [0.15, 0.2) is 51.4 Å². The number of hydrogen-bond acceptors (Lipinski definition) is 6. The fraction of sp³-hybridized carbons (Fsp3) is 0.188. The van der Waals surface area contributed by atoms with Crippen molar-refractivity contribution >= 4 is 41.2 Å². The average Bonchev–Trinajstić information content (AvgIpc) is 3.24. The number of aromatic nitrogens is 2. The van der Waals surface area contributed by atoms with E-state index in [4.69, 9.17) is 16.6 Å².